The van der Waals surface area contributed by atoms with Crippen LogP contribution in [0.5, 0.6) is 0 Å². The van der Waals surface area contributed by atoms with Crippen molar-refractivity contribution in [1.82, 2.24) is 0 Å². The van der Waals surface area contributed by atoms with Crippen LogP contribution >= 0.6 is 0 Å². The van der Waals surface area contributed by atoms with E-state index in [-0.39, 0.29) is 11.9 Å². The van der Waals surface area contributed by atoms with Gasteiger partial charge in [-0.15, -0.1) is 0 Å². The number of benzene rings is 2. The smallest absolute Gasteiger partial charge is 0.128 e. The van der Waals surface area contributed by atoms with Gasteiger partial charge in [-0.25, -0.2) is 4.39 Å². The lowest BCUT2D eigenvalue weighted by atomic mass is 10.0. The van der Waals surface area contributed by atoms with Crippen molar-refractivity contribution in [3.63, 3.8) is 0 Å². The molecule has 2 nitrogen and oxygen atoms in total. The molecular formula is C16H19FN2. The Bertz CT molecular complexity index is 552. The Labute approximate surface area is 113 Å². The van der Waals surface area contributed by atoms with Gasteiger partial charge in [-0.1, -0.05) is 37.3 Å². The number of hydrogen-bond acceptors (Lipinski definition) is 2. The first-order valence-electron chi connectivity index (χ1n) is 6.49. The van der Waals surface area contributed by atoms with E-state index in [4.69, 9.17) is 5.73 Å². The Balaban J connectivity index is 2.26. The second kappa shape index (κ2) is 5.74. The summed E-state index contributed by atoms with van der Waals surface area (Å²) in [6.07, 6.45) is 0.930. The zero-order valence-corrected chi connectivity index (χ0v) is 11.3. The standard InChI is InChI=1S/C16H19FN2/c1-3-15(12-7-5-4-6-8-12)19-16-9-11(2)13(17)10-14(16)18/h4-10,15,19H,3,18H2,1-2H3. The predicted octanol–water partition coefficient (Wildman–Crippen LogP) is 4.28. The van der Waals surface area contributed by atoms with Gasteiger partial charge >= 0.3 is 0 Å². The minimum atomic E-state index is -0.268. The molecule has 0 heterocycles. The van der Waals surface area contributed by atoms with Gasteiger partial charge in [0.05, 0.1) is 17.4 Å². The largest absolute Gasteiger partial charge is 0.397 e. The molecule has 0 aliphatic heterocycles. The molecule has 0 spiro atoms. The predicted molar refractivity (Wildman–Crippen MR) is 78.6 cm³/mol. The highest BCUT2D eigenvalue weighted by atomic mass is 19.1. The molecule has 0 amide bonds. The number of nitrogen functional groups attached to an aromatic ring is 1. The summed E-state index contributed by atoms with van der Waals surface area (Å²) in [4.78, 5) is 0. The summed E-state index contributed by atoms with van der Waals surface area (Å²) in [6.45, 7) is 3.85. The molecule has 100 valence electrons. The van der Waals surface area contributed by atoms with Gasteiger partial charge in [0.2, 0.25) is 0 Å². The van der Waals surface area contributed by atoms with Crippen molar-refractivity contribution in [2.75, 3.05) is 11.1 Å². The lowest BCUT2D eigenvalue weighted by Gasteiger charge is -2.20. The lowest BCUT2D eigenvalue weighted by molar-refractivity contribution is 0.619. The molecule has 3 heteroatoms. The lowest BCUT2D eigenvalue weighted by Crippen LogP contribution is -2.11. The minimum absolute atomic E-state index is 0.174. The van der Waals surface area contributed by atoms with Crippen LogP contribution < -0.4 is 11.1 Å². The van der Waals surface area contributed by atoms with Gasteiger partial charge in [0.15, 0.2) is 0 Å². The number of nitrogens with two attached hydrogens (primary N) is 1. The van der Waals surface area contributed by atoms with Crippen molar-refractivity contribution < 1.29 is 4.39 Å². The molecule has 0 bridgehead atoms. The molecular weight excluding hydrogens is 239 g/mol. The van der Waals surface area contributed by atoms with E-state index in [9.17, 15) is 4.39 Å². The quantitative estimate of drug-likeness (QED) is 0.803. The van der Waals surface area contributed by atoms with Crippen LogP contribution in [0.3, 0.4) is 0 Å². The van der Waals surface area contributed by atoms with Gasteiger partial charge in [-0.05, 0) is 36.6 Å². The summed E-state index contributed by atoms with van der Waals surface area (Å²) in [5, 5.41) is 3.39. The number of halogens is 1. The molecule has 0 aromatic heterocycles. The Morgan fingerprint density at radius 3 is 2.53 bits per heavy atom. The maximum atomic E-state index is 13.4. The van der Waals surface area contributed by atoms with E-state index < -0.39 is 0 Å². The third-order valence-corrected chi connectivity index (χ3v) is 3.27. The third-order valence-electron chi connectivity index (χ3n) is 3.27. The molecule has 0 saturated carbocycles. The number of rotatable bonds is 4. The Morgan fingerprint density at radius 1 is 1.21 bits per heavy atom. The van der Waals surface area contributed by atoms with Gasteiger partial charge in [0, 0.05) is 0 Å². The van der Waals surface area contributed by atoms with E-state index in [1.807, 2.05) is 18.2 Å². The zero-order valence-electron chi connectivity index (χ0n) is 11.3. The van der Waals surface area contributed by atoms with E-state index in [0.717, 1.165) is 12.1 Å². The average Bonchev–Trinajstić information content (AvgIpc) is 2.42. The van der Waals surface area contributed by atoms with Gasteiger partial charge in [-0.3, -0.25) is 0 Å². The second-order valence-electron chi connectivity index (χ2n) is 4.70. The average molecular weight is 258 g/mol. The monoisotopic (exact) mass is 258 g/mol. The number of nitrogens with one attached hydrogen (secondary N) is 1. The van der Waals surface area contributed by atoms with Crippen molar-refractivity contribution in [3.05, 3.63) is 59.4 Å². The van der Waals surface area contributed by atoms with Crippen molar-refractivity contribution >= 4 is 11.4 Å². The van der Waals surface area contributed by atoms with Crippen LogP contribution in [-0.2, 0) is 0 Å². The zero-order chi connectivity index (χ0) is 13.8. The first-order chi connectivity index (χ1) is 9.11. The van der Waals surface area contributed by atoms with Crippen LogP contribution in [-0.4, -0.2) is 0 Å². The van der Waals surface area contributed by atoms with Gasteiger partial charge in [0.25, 0.3) is 0 Å². The Morgan fingerprint density at radius 2 is 1.89 bits per heavy atom. The minimum Gasteiger partial charge on any atom is -0.397 e. The Kier molecular flexibility index (Phi) is 4.05. The summed E-state index contributed by atoms with van der Waals surface area (Å²) < 4.78 is 13.4. The SMILES string of the molecule is CCC(Nc1cc(C)c(F)cc1N)c1ccccc1. The summed E-state index contributed by atoms with van der Waals surface area (Å²) in [5.74, 6) is -0.268. The van der Waals surface area contributed by atoms with E-state index in [2.05, 4.69) is 24.4 Å². The van der Waals surface area contributed by atoms with Gasteiger partial charge in [-0.2, -0.15) is 0 Å². The van der Waals surface area contributed by atoms with Gasteiger partial charge in [0.1, 0.15) is 5.82 Å². The molecule has 1 unspecified atom stereocenters. The summed E-state index contributed by atoms with van der Waals surface area (Å²) in [5.41, 5.74) is 8.89. The Hall–Kier alpha value is -2.03. The van der Waals surface area contributed by atoms with E-state index in [1.54, 1.807) is 13.0 Å². The molecule has 2 rings (SSSR count). The highest BCUT2D eigenvalue weighted by Crippen LogP contribution is 2.28. The van der Waals surface area contributed by atoms with E-state index in [0.29, 0.717) is 11.3 Å². The number of aryl methyl sites for hydroxylation is 1. The van der Waals surface area contributed by atoms with E-state index >= 15 is 0 Å². The van der Waals surface area contributed by atoms with Crippen molar-refractivity contribution in [1.29, 1.82) is 0 Å². The van der Waals surface area contributed by atoms with Crippen LogP contribution in [0.4, 0.5) is 15.8 Å². The molecule has 1 atom stereocenters. The molecule has 2 aromatic carbocycles. The van der Waals surface area contributed by atoms with Crippen molar-refractivity contribution in [2.45, 2.75) is 26.3 Å². The fourth-order valence-electron chi connectivity index (χ4n) is 2.12. The van der Waals surface area contributed by atoms with E-state index in [1.165, 1.54) is 11.6 Å². The molecule has 19 heavy (non-hydrogen) atoms. The van der Waals surface area contributed by atoms with Crippen LogP contribution in [0.2, 0.25) is 0 Å². The van der Waals surface area contributed by atoms with Crippen molar-refractivity contribution in [3.8, 4) is 0 Å². The molecule has 3 N–H and O–H groups in total. The molecule has 0 aliphatic rings. The molecule has 0 fully saturated rings. The van der Waals surface area contributed by atoms with Crippen LogP contribution in [0, 0.1) is 12.7 Å². The summed E-state index contributed by atoms with van der Waals surface area (Å²) in [7, 11) is 0. The maximum Gasteiger partial charge on any atom is 0.128 e. The third kappa shape index (κ3) is 3.05. The first-order valence-corrected chi connectivity index (χ1v) is 6.49. The van der Waals surface area contributed by atoms with Gasteiger partial charge < -0.3 is 11.1 Å². The number of anilines is 2. The summed E-state index contributed by atoms with van der Waals surface area (Å²) >= 11 is 0. The molecule has 0 radical (unpaired) electrons. The fourth-order valence-corrected chi connectivity index (χ4v) is 2.12. The normalized spacial score (nSPS) is 12.2. The molecule has 0 aliphatic carbocycles. The van der Waals surface area contributed by atoms with Crippen LogP contribution in [0.1, 0.15) is 30.5 Å². The highest BCUT2D eigenvalue weighted by molar-refractivity contribution is 5.68. The second-order valence-corrected chi connectivity index (χ2v) is 4.70. The van der Waals surface area contributed by atoms with Crippen LogP contribution in [0.15, 0.2) is 42.5 Å². The summed E-state index contributed by atoms with van der Waals surface area (Å²) in [6, 6.07) is 13.5. The highest BCUT2D eigenvalue weighted by Gasteiger charge is 2.11. The fraction of sp³-hybridized carbons (Fsp3) is 0.250. The van der Waals surface area contributed by atoms with Crippen molar-refractivity contribution in [2.24, 2.45) is 0 Å². The van der Waals surface area contributed by atoms with Crippen LogP contribution in [0.25, 0.3) is 0 Å². The molecule has 2 aromatic rings. The topological polar surface area (TPSA) is 38.0 Å². The number of hydrogen-bond donors (Lipinski definition) is 2. The molecule has 0 saturated heterocycles. The maximum absolute atomic E-state index is 13.4. The first kappa shape index (κ1) is 13.4.